The number of ether oxygens (including phenoxy) is 1. The lowest BCUT2D eigenvalue weighted by molar-refractivity contribution is 0.0169. The summed E-state index contributed by atoms with van der Waals surface area (Å²) >= 11 is 7.44. The minimum atomic E-state index is 0.462. The van der Waals surface area contributed by atoms with Crippen LogP contribution >= 0.6 is 22.9 Å². The van der Waals surface area contributed by atoms with Crippen LogP contribution in [-0.4, -0.2) is 11.1 Å². The highest BCUT2D eigenvalue weighted by molar-refractivity contribution is 7.13. The van der Waals surface area contributed by atoms with E-state index in [1.807, 2.05) is 5.38 Å². The Morgan fingerprint density at radius 3 is 2.57 bits per heavy atom. The molecule has 0 N–H and O–H groups in total. The van der Waals surface area contributed by atoms with Gasteiger partial charge in [0.25, 0.3) is 0 Å². The van der Waals surface area contributed by atoms with E-state index in [0.29, 0.717) is 12.0 Å². The second-order valence-corrected chi connectivity index (χ2v) is 6.67. The predicted molar refractivity (Wildman–Crippen MR) is 88.8 cm³/mol. The minimum Gasteiger partial charge on any atom is -0.374 e. The van der Waals surface area contributed by atoms with Crippen LogP contribution in [-0.2, 0) is 17.2 Å². The number of rotatable bonds is 5. The van der Waals surface area contributed by atoms with Gasteiger partial charge in [-0.05, 0) is 18.4 Å². The van der Waals surface area contributed by atoms with Gasteiger partial charge in [-0.15, -0.1) is 22.9 Å². The van der Waals surface area contributed by atoms with Gasteiger partial charge in [-0.25, -0.2) is 4.98 Å². The van der Waals surface area contributed by atoms with E-state index in [2.05, 4.69) is 29.2 Å². The maximum absolute atomic E-state index is 6.01. The SMILES string of the molecule is ClCc1csc(-c2ccc(COC3CCCCC3)cc2)n1. The standard InChI is InChI=1S/C17H20ClNOS/c18-10-15-12-21-17(19-15)14-8-6-13(7-9-14)11-20-16-4-2-1-3-5-16/h6-9,12,16H,1-5,10-11H2. The molecule has 2 nitrogen and oxygen atoms in total. The Hall–Kier alpha value is -0.900. The zero-order chi connectivity index (χ0) is 14.5. The Balaban J connectivity index is 1.58. The van der Waals surface area contributed by atoms with E-state index < -0.39 is 0 Å². The second kappa shape index (κ2) is 7.39. The highest BCUT2D eigenvalue weighted by atomic mass is 35.5. The molecule has 1 aliphatic carbocycles. The summed E-state index contributed by atoms with van der Waals surface area (Å²) in [6.07, 6.45) is 6.90. The number of benzene rings is 1. The Labute approximate surface area is 135 Å². The first kappa shape index (κ1) is 15.0. The van der Waals surface area contributed by atoms with Crippen LogP contribution in [0.2, 0.25) is 0 Å². The Morgan fingerprint density at radius 1 is 1.14 bits per heavy atom. The van der Waals surface area contributed by atoms with Gasteiger partial charge < -0.3 is 4.74 Å². The van der Waals surface area contributed by atoms with Crippen LogP contribution in [0.4, 0.5) is 0 Å². The van der Waals surface area contributed by atoms with Crippen LogP contribution < -0.4 is 0 Å². The molecule has 2 aromatic rings. The van der Waals surface area contributed by atoms with E-state index >= 15 is 0 Å². The van der Waals surface area contributed by atoms with Gasteiger partial charge >= 0.3 is 0 Å². The molecule has 21 heavy (non-hydrogen) atoms. The first-order chi connectivity index (χ1) is 10.3. The number of nitrogens with zero attached hydrogens (tertiary/aromatic N) is 1. The van der Waals surface area contributed by atoms with Gasteiger partial charge in [0.15, 0.2) is 0 Å². The third-order valence-corrected chi connectivity index (χ3v) is 5.14. The van der Waals surface area contributed by atoms with Crippen molar-refractivity contribution in [3.05, 3.63) is 40.9 Å². The van der Waals surface area contributed by atoms with Gasteiger partial charge in [-0.3, -0.25) is 0 Å². The largest absolute Gasteiger partial charge is 0.374 e. The molecule has 0 atom stereocenters. The summed E-state index contributed by atoms with van der Waals surface area (Å²) in [4.78, 5) is 4.50. The molecular weight excluding hydrogens is 302 g/mol. The maximum Gasteiger partial charge on any atom is 0.123 e. The minimum absolute atomic E-state index is 0.462. The molecule has 0 radical (unpaired) electrons. The predicted octanol–water partition coefficient (Wildman–Crippen LogP) is 5.40. The lowest BCUT2D eigenvalue weighted by atomic mass is 9.98. The van der Waals surface area contributed by atoms with Crippen molar-refractivity contribution < 1.29 is 4.74 Å². The van der Waals surface area contributed by atoms with Gasteiger partial charge in [-0.1, -0.05) is 43.5 Å². The molecule has 0 spiro atoms. The molecule has 0 bridgehead atoms. The van der Waals surface area contributed by atoms with Gasteiger partial charge in [0.2, 0.25) is 0 Å². The summed E-state index contributed by atoms with van der Waals surface area (Å²) in [5, 5.41) is 3.05. The number of aromatic nitrogens is 1. The van der Waals surface area contributed by atoms with E-state index in [1.54, 1.807) is 11.3 Å². The summed E-state index contributed by atoms with van der Waals surface area (Å²) in [5.41, 5.74) is 3.33. The summed E-state index contributed by atoms with van der Waals surface area (Å²) in [6, 6.07) is 8.52. The van der Waals surface area contributed by atoms with Crippen molar-refractivity contribution in [2.45, 2.75) is 50.7 Å². The number of hydrogen-bond donors (Lipinski definition) is 0. The molecule has 0 aliphatic heterocycles. The maximum atomic E-state index is 6.01. The highest BCUT2D eigenvalue weighted by Crippen LogP contribution is 2.25. The second-order valence-electron chi connectivity index (χ2n) is 5.55. The highest BCUT2D eigenvalue weighted by Gasteiger charge is 2.13. The van der Waals surface area contributed by atoms with Gasteiger partial charge in [0.1, 0.15) is 5.01 Å². The molecule has 0 unspecified atom stereocenters. The Morgan fingerprint density at radius 2 is 1.90 bits per heavy atom. The molecule has 112 valence electrons. The zero-order valence-corrected chi connectivity index (χ0v) is 13.6. The number of halogens is 1. The fraction of sp³-hybridized carbons (Fsp3) is 0.471. The van der Waals surface area contributed by atoms with Crippen LogP contribution in [0, 0.1) is 0 Å². The van der Waals surface area contributed by atoms with E-state index in [0.717, 1.165) is 22.9 Å². The zero-order valence-electron chi connectivity index (χ0n) is 12.1. The monoisotopic (exact) mass is 321 g/mol. The van der Waals surface area contributed by atoms with Crippen molar-refractivity contribution in [2.75, 3.05) is 0 Å². The summed E-state index contributed by atoms with van der Waals surface area (Å²) in [7, 11) is 0. The lowest BCUT2D eigenvalue weighted by Crippen LogP contribution is -2.16. The molecule has 4 heteroatoms. The first-order valence-corrected chi connectivity index (χ1v) is 8.98. The van der Waals surface area contributed by atoms with Crippen molar-refractivity contribution in [3.63, 3.8) is 0 Å². The van der Waals surface area contributed by atoms with E-state index in [1.165, 1.54) is 37.7 Å². The molecule has 0 amide bonds. The normalized spacial score (nSPS) is 16.2. The number of alkyl halides is 1. The summed E-state index contributed by atoms with van der Waals surface area (Å²) in [5.74, 6) is 0.476. The fourth-order valence-electron chi connectivity index (χ4n) is 2.69. The molecule has 3 rings (SSSR count). The van der Waals surface area contributed by atoms with Crippen LogP contribution in [0.25, 0.3) is 10.6 Å². The van der Waals surface area contributed by atoms with Gasteiger partial charge in [0, 0.05) is 10.9 Å². The molecule has 1 aromatic heterocycles. The van der Waals surface area contributed by atoms with Crippen LogP contribution in [0.5, 0.6) is 0 Å². The smallest absolute Gasteiger partial charge is 0.123 e. The van der Waals surface area contributed by atoms with Crippen molar-refractivity contribution in [2.24, 2.45) is 0 Å². The topological polar surface area (TPSA) is 22.1 Å². The van der Waals surface area contributed by atoms with E-state index in [9.17, 15) is 0 Å². The van der Waals surface area contributed by atoms with Crippen molar-refractivity contribution in [3.8, 4) is 10.6 Å². The molecule has 0 saturated heterocycles. The molecule has 1 aliphatic rings. The Kier molecular flexibility index (Phi) is 5.28. The Bertz CT molecular complexity index is 560. The molecule has 1 fully saturated rings. The van der Waals surface area contributed by atoms with Crippen molar-refractivity contribution >= 4 is 22.9 Å². The van der Waals surface area contributed by atoms with E-state index in [4.69, 9.17) is 16.3 Å². The summed E-state index contributed by atoms with van der Waals surface area (Å²) < 4.78 is 6.01. The number of thiazole rings is 1. The quantitative estimate of drug-likeness (QED) is 0.688. The van der Waals surface area contributed by atoms with Crippen molar-refractivity contribution in [1.29, 1.82) is 0 Å². The molecule has 1 heterocycles. The lowest BCUT2D eigenvalue weighted by Gasteiger charge is -2.22. The first-order valence-electron chi connectivity index (χ1n) is 7.56. The molecule has 1 aromatic carbocycles. The third-order valence-electron chi connectivity index (χ3n) is 3.93. The number of hydrogen-bond acceptors (Lipinski definition) is 3. The average Bonchev–Trinajstić information content (AvgIpc) is 3.03. The van der Waals surface area contributed by atoms with Crippen molar-refractivity contribution in [1.82, 2.24) is 4.98 Å². The van der Waals surface area contributed by atoms with Crippen LogP contribution in [0.3, 0.4) is 0 Å². The van der Waals surface area contributed by atoms with E-state index in [-0.39, 0.29) is 0 Å². The van der Waals surface area contributed by atoms with Crippen LogP contribution in [0.15, 0.2) is 29.6 Å². The van der Waals surface area contributed by atoms with Crippen LogP contribution in [0.1, 0.15) is 43.4 Å². The molecule has 1 saturated carbocycles. The molecular formula is C17H20ClNOS. The summed E-state index contributed by atoms with van der Waals surface area (Å²) in [6.45, 7) is 0.718. The van der Waals surface area contributed by atoms with Gasteiger partial charge in [0.05, 0.1) is 24.3 Å². The average molecular weight is 322 g/mol. The third kappa shape index (κ3) is 4.06. The van der Waals surface area contributed by atoms with Gasteiger partial charge in [-0.2, -0.15) is 0 Å². The fourth-order valence-corrected chi connectivity index (χ4v) is 3.74.